The van der Waals surface area contributed by atoms with Gasteiger partial charge in [0.1, 0.15) is 6.54 Å². The van der Waals surface area contributed by atoms with Crippen molar-refractivity contribution in [2.24, 2.45) is 5.10 Å². The molecule has 1 amide bonds. The average Bonchev–Trinajstić information content (AvgIpc) is 3.25. The van der Waals surface area contributed by atoms with Crippen LogP contribution in [0.5, 0.6) is 0 Å². The molecular formula is C14H11N7O3S. The highest BCUT2D eigenvalue weighted by molar-refractivity contribution is 7.16. The van der Waals surface area contributed by atoms with Crippen LogP contribution in [0.15, 0.2) is 47.6 Å². The molecule has 0 saturated carbocycles. The van der Waals surface area contributed by atoms with Gasteiger partial charge in [-0.15, -0.1) is 10.2 Å². The van der Waals surface area contributed by atoms with E-state index in [4.69, 9.17) is 0 Å². The molecule has 126 valence electrons. The van der Waals surface area contributed by atoms with Crippen molar-refractivity contribution in [2.75, 3.05) is 0 Å². The number of hydrogen-bond acceptors (Lipinski definition) is 8. The first kappa shape index (κ1) is 16.4. The number of tetrazole rings is 1. The summed E-state index contributed by atoms with van der Waals surface area (Å²) >= 11 is 0.958. The number of aromatic nitrogens is 4. The van der Waals surface area contributed by atoms with Crippen LogP contribution in [-0.4, -0.2) is 37.3 Å². The zero-order valence-corrected chi connectivity index (χ0v) is 13.5. The zero-order valence-electron chi connectivity index (χ0n) is 12.6. The molecule has 0 unspecified atom stereocenters. The van der Waals surface area contributed by atoms with Gasteiger partial charge in [-0.1, -0.05) is 41.7 Å². The molecule has 0 aliphatic carbocycles. The van der Waals surface area contributed by atoms with E-state index >= 15 is 0 Å². The molecule has 1 N–H and O–H groups in total. The Bertz CT molecular complexity index is 919. The second-order valence-corrected chi connectivity index (χ2v) is 5.83. The summed E-state index contributed by atoms with van der Waals surface area (Å²) in [7, 11) is 0. The summed E-state index contributed by atoms with van der Waals surface area (Å²) in [4.78, 5) is 23.6. The van der Waals surface area contributed by atoms with Crippen LogP contribution in [0.25, 0.3) is 11.4 Å². The Balaban J connectivity index is 1.55. The molecule has 0 fully saturated rings. The smallest absolute Gasteiger partial charge is 0.271 e. The molecule has 2 heterocycles. The number of carbonyl (C=O) groups excluding carboxylic acids is 1. The van der Waals surface area contributed by atoms with Crippen LogP contribution in [0.2, 0.25) is 0 Å². The lowest BCUT2D eigenvalue weighted by Gasteiger charge is -1.97. The van der Waals surface area contributed by atoms with E-state index in [9.17, 15) is 14.9 Å². The molecular weight excluding hydrogens is 346 g/mol. The summed E-state index contributed by atoms with van der Waals surface area (Å²) in [6.45, 7) is -0.151. The van der Waals surface area contributed by atoms with Gasteiger partial charge in [-0.05, 0) is 11.3 Å². The Morgan fingerprint density at radius 1 is 1.32 bits per heavy atom. The summed E-state index contributed by atoms with van der Waals surface area (Å²) in [5.41, 5.74) is 3.10. The van der Waals surface area contributed by atoms with Gasteiger partial charge in [-0.2, -0.15) is 9.90 Å². The Hall–Kier alpha value is -3.47. The Morgan fingerprint density at radius 3 is 2.84 bits per heavy atom. The summed E-state index contributed by atoms with van der Waals surface area (Å²) in [5, 5.41) is 26.2. The fraction of sp³-hybridized carbons (Fsp3) is 0.0714. The first-order valence-corrected chi connectivity index (χ1v) is 7.83. The number of hydrazone groups is 1. The second kappa shape index (κ2) is 7.40. The van der Waals surface area contributed by atoms with Crippen LogP contribution in [0.4, 0.5) is 5.00 Å². The summed E-state index contributed by atoms with van der Waals surface area (Å²) in [6, 6.07) is 12.2. The number of benzene rings is 1. The Labute approximate surface area is 144 Å². The topological polar surface area (TPSA) is 128 Å². The van der Waals surface area contributed by atoms with Crippen LogP contribution >= 0.6 is 11.3 Å². The third kappa shape index (κ3) is 4.29. The molecule has 0 radical (unpaired) electrons. The highest BCUT2D eigenvalue weighted by Gasteiger charge is 2.09. The normalized spacial score (nSPS) is 10.9. The van der Waals surface area contributed by atoms with Gasteiger partial charge >= 0.3 is 5.00 Å². The minimum Gasteiger partial charge on any atom is -0.271 e. The highest BCUT2D eigenvalue weighted by atomic mass is 32.1. The van der Waals surface area contributed by atoms with Crippen molar-refractivity contribution in [3.8, 4) is 11.4 Å². The number of nitrogens with zero attached hydrogens (tertiary/aromatic N) is 6. The van der Waals surface area contributed by atoms with Crippen molar-refractivity contribution in [3.05, 3.63) is 57.5 Å². The monoisotopic (exact) mass is 357 g/mol. The number of nitro groups is 1. The SMILES string of the molecule is O=C(Cn1nnc(-c2ccccc2)n1)NN=Cc1ccc([N+](=O)[O-])s1. The third-order valence-electron chi connectivity index (χ3n) is 2.94. The van der Waals surface area contributed by atoms with Crippen LogP contribution in [0, 0.1) is 10.1 Å². The molecule has 0 atom stereocenters. The number of carbonyl (C=O) groups is 1. The molecule has 3 aromatic rings. The maximum absolute atomic E-state index is 11.8. The van der Waals surface area contributed by atoms with Gasteiger partial charge in [0.2, 0.25) is 5.82 Å². The number of thiophene rings is 1. The minimum atomic E-state index is -0.485. The van der Waals surface area contributed by atoms with Crippen molar-refractivity contribution in [3.63, 3.8) is 0 Å². The Morgan fingerprint density at radius 2 is 2.12 bits per heavy atom. The largest absolute Gasteiger partial charge is 0.324 e. The van der Waals surface area contributed by atoms with Crippen molar-refractivity contribution in [1.82, 2.24) is 25.6 Å². The molecule has 2 aromatic heterocycles. The third-order valence-corrected chi connectivity index (χ3v) is 3.91. The average molecular weight is 357 g/mol. The second-order valence-electron chi connectivity index (χ2n) is 4.74. The summed E-state index contributed by atoms with van der Waals surface area (Å²) in [6.07, 6.45) is 1.33. The van der Waals surface area contributed by atoms with Gasteiger partial charge in [0.25, 0.3) is 5.91 Å². The van der Waals surface area contributed by atoms with Crippen LogP contribution in [0.3, 0.4) is 0 Å². The lowest BCUT2D eigenvalue weighted by atomic mass is 10.2. The predicted molar refractivity (Wildman–Crippen MR) is 90.0 cm³/mol. The van der Waals surface area contributed by atoms with Crippen molar-refractivity contribution in [1.29, 1.82) is 0 Å². The van der Waals surface area contributed by atoms with Gasteiger partial charge < -0.3 is 0 Å². The fourth-order valence-corrected chi connectivity index (χ4v) is 2.55. The predicted octanol–water partition coefficient (Wildman–Crippen LogP) is 1.46. The Kier molecular flexibility index (Phi) is 4.85. The van der Waals surface area contributed by atoms with Crippen LogP contribution in [-0.2, 0) is 11.3 Å². The molecule has 25 heavy (non-hydrogen) atoms. The van der Waals surface area contributed by atoms with E-state index in [1.165, 1.54) is 12.3 Å². The van der Waals surface area contributed by atoms with Crippen molar-refractivity contribution in [2.45, 2.75) is 6.54 Å². The molecule has 0 saturated heterocycles. The number of hydrogen-bond donors (Lipinski definition) is 1. The summed E-state index contributed by atoms with van der Waals surface area (Å²) < 4.78 is 0. The fourth-order valence-electron chi connectivity index (χ4n) is 1.85. The van der Waals surface area contributed by atoms with Gasteiger partial charge in [0.15, 0.2) is 0 Å². The zero-order chi connectivity index (χ0) is 17.6. The molecule has 3 rings (SSSR count). The van der Waals surface area contributed by atoms with Gasteiger partial charge in [-0.3, -0.25) is 14.9 Å². The molecule has 0 aliphatic rings. The number of nitrogens with one attached hydrogen (secondary N) is 1. The standard InChI is InChI=1S/C14H11N7O3S/c22-12(16-15-8-11-6-7-13(25-11)21(23)24)9-20-18-14(17-19-20)10-4-2-1-3-5-10/h1-8H,9H2,(H,16,22). The van der Waals surface area contributed by atoms with Crippen molar-refractivity contribution >= 4 is 28.5 Å². The quantitative estimate of drug-likeness (QED) is 0.404. The van der Waals surface area contributed by atoms with Crippen molar-refractivity contribution < 1.29 is 9.72 Å². The van der Waals surface area contributed by atoms with E-state index < -0.39 is 10.8 Å². The number of amides is 1. The lowest BCUT2D eigenvalue weighted by molar-refractivity contribution is -0.380. The van der Waals surface area contributed by atoms with E-state index in [0.717, 1.165) is 21.7 Å². The minimum absolute atomic E-state index is 0.00744. The van der Waals surface area contributed by atoms with Gasteiger partial charge in [-0.25, -0.2) is 5.43 Å². The van der Waals surface area contributed by atoms with E-state index in [-0.39, 0.29) is 11.5 Å². The van der Waals surface area contributed by atoms with E-state index in [0.29, 0.717) is 10.7 Å². The van der Waals surface area contributed by atoms with Gasteiger partial charge in [0, 0.05) is 11.6 Å². The lowest BCUT2D eigenvalue weighted by Crippen LogP contribution is -2.24. The number of rotatable bonds is 6. The molecule has 0 aliphatic heterocycles. The van der Waals surface area contributed by atoms with E-state index in [1.54, 1.807) is 6.07 Å². The first-order chi connectivity index (χ1) is 12.1. The molecule has 1 aromatic carbocycles. The van der Waals surface area contributed by atoms with Gasteiger partial charge in [0.05, 0.1) is 16.0 Å². The van der Waals surface area contributed by atoms with Crippen LogP contribution < -0.4 is 5.43 Å². The van der Waals surface area contributed by atoms with E-state index in [1.807, 2.05) is 30.3 Å². The summed E-state index contributed by atoms with van der Waals surface area (Å²) in [5.74, 6) is -0.0258. The first-order valence-electron chi connectivity index (χ1n) is 7.01. The maximum atomic E-state index is 11.8. The molecule has 0 bridgehead atoms. The molecule has 10 nitrogen and oxygen atoms in total. The highest BCUT2D eigenvalue weighted by Crippen LogP contribution is 2.22. The van der Waals surface area contributed by atoms with Crippen LogP contribution in [0.1, 0.15) is 4.88 Å². The molecule has 0 spiro atoms. The maximum Gasteiger partial charge on any atom is 0.324 e. The molecule has 11 heteroatoms. The van der Waals surface area contributed by atoms with E-state index in [2.05, 4.69) is 25.9 Å².